The minimum absolute atomic E-state index is 0.0286. The van der Waals surface area contributed by atoms with Crippen LogP contribution in [0.2, 0.25) is 0 Å². The molecule has 1 atom stereocenters. The van der Waals surface area contributed by atoms with Gasteiger partial charge in [-0.3, -0.25) is 9.78 Å². The second-order valence-electron chi connectivity index (χ2n) is 5.95. The standard InChI is InChI=1S/C19H24N4O2/c1-4-21-18(24)16-7-8-17(13(2)10-16)23-19(25)22-14(3)11-15-6-5-9-20-12-15/h5-10,12,14H,4,11H2,1-3H3,(H,21,24)(H2,22,23,25). The number of amides is 3. The van der Waals surface area contributed by atoms with Crippen molar-refractivity contribution >= 4 is 17.6 Å². The summed E-state index contributed by atoms with van der Waals surface area (Å²) in [5, 5.41) is 8.49. The van der Waals surface area contributed by atoms with Gasteiger partial charge in [-0.1, -0.05) is 6.07 Å². The number of aryl methyl sites for hydroxylation is 1. The van der Waals surface area contributed by atoms with Gasteiger partial charge in [0.15, 0.2) is 0 Å². The van der Waals surface area contributed by atoms with E-state index >= 15 is 0 Å². The smallest absolute Gasteiger partial charge is 0.319 e. The van der Waals surface area contributed by atoms with Crippen molar-refractivity contribution in [2.75, 3.05) is 11.9 Å². The molecule has 0 spiro atoms. The number of hydrogen-bond donors (Lipinski definition) is 3. The van der Waals surface area contributed by atoms with E-state index in [0.717, 1.165) is 11.1 Å². The van der Waals surface area contributed by atoms with Gasteiger partial charge >= 0.3 is 6.03 Å². The molecule has 25 heavy (non-hydrogen) atoms. The highest BCUT2D eigenvalue weighted by molar-refractivity contribution is 5.96. The van der Waals surface area contributed by atoms with E-state index in [0.29, 0.717) is 24.2 Å². The van der Waals surface area contributed by atoms with Crippen molar-refractivity contribution in [2.45, 2.75) is 33.2 Å². The first-order valence-electron chi connectivity index (χ1n) is 8.35. The monoisotopic (exact) mass is 340 g/mol. The lowest BCUT2D eigenvalue weighted by atomic mass is 10.1. The zero-order chi connectivity index (χ0) is 18.2. The first kappa shape index (κ1) is 18.4. The van der Waals surface area contributed by atoms with E-state index in [1.54, 1.807) is 30.6 Å². The number of benzene rings is 1. The maximum Gasteiger partial charge on any atom is 0.319 e. The van der Waals surface area contributed by atoms with E-state index in [2.05, 4.69) is 20.9 Å². The Morgan fingerprint density at radius 1 is 1.24 bits per heavy atom. The molecule has 1 aromatic carbocycles. The average molecular weight is 340 g/mol. The molecule has 2 aromatic rings. The molecule has 1 heterocycles. The van der Waals surface area contributed by atoms with E-state index < -0.39 is 0 Å². The van der Waals surface area contributed by atoms with Crippen molar-refractivity contribution in [1.82, 2.24) is 15.6 Å². The Kier molecular flexibility index (Phi) is 6.51. The topological polar surface area (TPSA) is 83.1 Å². The van der Waals surface area contributed by atoms with E-state index in [1.165, 1.54) is 0 Å². The normalized spacial score (nSPS) is 11.5. The number of hydrogen-bond acceptors (Lipinski definition) is 3. The van der Waals surface area contributed by atoms with Crippen molar-refractivity contribution in [3.05, 3.63) is 59.4 Å². The summed E-state index contributed by atoms with van der Waals surface area (Å²) in [6.07, 6.45) is 4.22. The quantitative estimate of drug-likeness (QED) is 0.756. The molecule has 2 rings (SSSR count). The molecule has 1 unspecified atom stereocenters. The lowest BCUT2D eigenvalue weighted by molar-refractivity contribution is 0.0955. The Morgan fingerprint density at radius 3 is 2.68 bits per heavy atom. The van der Waals surface area contributed by atoms with Gasteiger partial charge in [0.05, 0.1) is 0 Å². The molecule has 3 N–H and O–H groups in total. The summed E-state index contributed by atoms with van der Waals surface area (Å²) in [6.45, 7) is 6.25. The number of rotatable bonds is 6. The maximum absolute atomic E-state index is 12.2. The SMILES string of the molecule is CCNC(=O)c1ccc(NC(=O)NC(C)Cc2cccnc2)c(C)c1. The van der Waals surface area contributed by atoms with Crippen molar-refractivity contribution < 1.29 is 9.59 Å². The second kappa shape index (κ2) is 8.82. The van der Waals surface area contributed by atoms with Crippen molar-refractivity contribution in [1.29, 1.82) is 0 Å². The summed E-state index contributed by atoms with van der Waals surface area (Å²) >= 11 is 0. The van der Waals surface area contributed by atoms with Gasteiger partial charge in [-0.05, 0) is 62.6 Å². The molecule has 0 aliphatic heterocycles. The second-order valence-corrected chi connectivity index (χ2v) is 5.95. The lowest BCUT2D eigenvalue weighted by Crippen LogP contribution is -2.37. The van der Waals surface area contributed by atoms with Crippen LogP contribution in [0.1, 0.15) is 35.3 Å². The van der Waals surface area contributed by atoms with Crippen molar-refractivity contribution in [3.63, 3.8) is 0 Å². The van der Waals surface area contributed by atoms with Gasteiger partial charge in [0.25, 0.3) is 5.91 Å². The van der Waals surface area contributed by atoms with Gasteiger partial charge in [0, 0.05) is 36.2 Å². The zero-order valence-electron chi connectivity index (χ0n) is 14.8. The van der Waals surface area contributed by atoms with Crippen LogP contribution in [-0.4, -0.2) is 29.5 Å². The number of urea groups is 1. The molecule has 0 saturated heterocycles. The fourth-order valence-corrected chi connectivity index (χ4v) is 2.51. The van der Waals surface area contributed by atoms with Crippen LogP contribution in [0.5, 0.6) is 0 Å². The highest BCUT2D eigenvalue weighted by Crippen LogP contribution is 2.16. The summed E-state index contributed by atoms with van der Waals surface area (Å²) in [5.74, 6) is -0.119. The number of anilines is 1. The van der Waals surface area contributed by atoms with Gasteiger partial charge < -0.3 is 16.0 Å². The highest BCUT2D eigenvalue weighted by atomic mass is 16.2. The maximum atomic E-state index is 12.2. The van der Waals surface area contributed by atoms with Gasteiger partial charge in [-0.2, -0.15) is 0 Å². The third kappa shape index (κ3) is 5.60. The molecule has 6 nitrogen and oxygen atoms in total. The lowest BCUT2D eigenvalue weighted by Gasteiger charge is -2.16. The van der Waals surface area contributed by atoms with Crippen LogP contribution < -0.4 is 16.0 Å². The van der Waals surface area contributed by atoms with Crippen LogP contribution in [0.15, 0.2) is 42.7 Å². The molecule has 0 aliphatic rings. The van der Waals surface area contributed by atoms with Crippen molar-refractivity contribution in [2.24, 2.45) is 0 Å². The molecule has 0 fully saturated rings. The average Bonchev–Trinajstić information content (AvgIpc) is 2.57. The predicted molar refractivity (Wildman–Crippen MR) is 98.7 cm³/mol. The molecule has 0 saturated carbocycles. The first-order chi connectivity index (χ1) is 12.0. The molecule has 0 aliphatic carbocycles. The van der Waals surface area contributed by atoms with Crippen LogP contribution in [0.3, 0.4) is 0 Å². The summed E-state index contributed by atoms with van der Waals surface area (Å²) in [6, 6.07) is 8.76. The molecular formula is C19H24N4O2. The Bertz CT molecular complexity index is 731. The van der Waals surface area contributed by atoms with Crippen molar-refractivity contribution in [3.8, 4) is 0 Å². The predicted octanol–water partition coefficient (Wildman–Crippen LogP) is 2.89. The van der Waals surface area contributed by atoms with Crippen LogP contribution in [0.4, 0.5) is 10.5 Å². The fourth-order valence-electron chi connectivity index (χ4n) is 2.51. The summed E-state index contributed by atoms with van der Waals surface area (Å²) < 4.78 is 0. The molecule has 132 valence electrons. The number of pyridine rings is 1. The van der Waals surface area contributed by atoms with Crippen LogP contribution in [0.25, 0.3) is 0 Å². The number of carbonyl (C=O) groups is 2. The summed E-state index contributed by atoms with van der Waals surface area (Å²) in [4.78, 5) is 28.1. The Labute approximate surface area is 148 Å². The number of nitrogens with one attached hydrogen (secondary N) is 3. The fraction of sp³-hybridized carbons (Fsp3) is 0.316. The molecule has 6 heteroatoms. The van der Waals surface area contributed by atoms with Gasteiger partial charge in [-0.25, -0.2) is 4.79 Å². The number of carbonyl (C=O) groups excluding carboxylic acids is 2. The zero-order valence-corrected chi connectivity index (χ0v) is 14.8. The minimum atomic E-state index is -0.273. The molecule has 0 radical (unpaired) electrons. The third-order valence-corrected chi connectivity index (χ3v) is 3.72. The van der Waals surface area contributed by atoms with Crippen LogP contribution in [0, 0.1) is 6.92 Å². The molecule has 3 amide bonds. The van der Waals surface area contributed by atoms with Crippen LogP contribution in [-0.2, 0) is 6.42 Å². The van der Waals surface area contributed by atoms with Gasteiger partial charge in [0.2, 0.25) is 0 Å². The van der Waals surface area contributed by atoms with E-state index in [4.69, 9.17) is 0 Å². The Hall–Kier alpha value is -2.89. The number of aromatic nitrogens is 1. The minimum Gasteiger partial charge on any atom is -0.352 e. The molecule has 0 bridgehead atoms. The van der Waals surface area contributed by atoms with E-state index in [1.807, 2.05) is 32.9 Å². The van der Waals surface area contributed by atoms with E-state index in [9.17, 15) is 9.59 Å². The van der Waals surface area contributed by atoms with Gasteiger partial charge in [-0.15, -0.1) is 0 Å². The Morgan fingerprint density at radius 2 is 2.04 bits per heavy atom. The van der Waals surface area contributed by atoms with Gasteiger partial charge in [0.1, 0.15) is 0 Å². The summed E-state index contributed by atoms with van der Waals surface area (Å²) in [7, 11) is 0. The summed E-state index contributed by atoms with van der Waals surface area (Å²) in [5.41, 5.74) is 3.16. The molecular weight excluding hydrogens is 316 g/mol. The molecule has 1 aromatic heterocycles. The first-order valence-corrected chi connectivity index (χ1v) is 8.35. The van der Waals surface area contributed by atoms with E-state index in [-0.39, 0.29) is 18.0 Å². The number of nitrogens with zero attached hydrogens (tertiary/aromatic N) is 1. The third-order valence-electron chi connectivity index (χ3n) is 3.72. The van der Waals surface area contributed by atoms with Crippen LogP contribution >= 0.6 is 0 Å². The highest BCUT2D eigenvalue weighted by Gasteiger charge is 2.11. The Balaban J connectivity index is 1.92. The largest absolute Gasteiger partial charge is 0.352 e.